The molecule has 3 nitrogen and oxygen atoms in total. The lowest BCUT2D eigenvalue weighted by Gasteiger charge is -2.00. The van der Waals surface area contributed by atoms with Gasteiger partial charge in [-0.05, 0) is 25.7 Å². The van der Waals surface area contributed by atoms with Crippen molar-refractivity contribution >= 4 is 5.97 Å². The first-order chi connectivity index (χ1) is 8.27. The van der Waals surface area contributed by atoms with Gasteiger partial charge in [-0.1, -0.05) is 44.6 Å². The molecule has 17 heavy (non-hydrogen) atoms. The first kappa shape index (κ1) is 16.2. The molecule has 0 spiro atoms. The molecule has 0 saturated carbocycles. The lowest BCUT2D eigenvalue weighted by atomic mass is 10.1. The number of quaternary nitrogens is 1. The van der Waals surface area contributed by atoms with E-state index in [4.69, 9.17) is 5.11 Å². The fraction of sp³-hybridized carbons (Fsp3) is 0.786. The first-order valence-electron chi connectivity index (χ1n) is 6.96. The Kier molecular flexibility index (Phi) is 12.6. The normalized spacial score (nSPS) is 11.1. The van der Waals surface area contributed by atoms with Crippen molar-refractivity contribution in [3.8, 4) is 0 Å². The van der Waals surface area contributed by atoms with E-state index in [0.717, 1.165) is 19.4 Å². The van der Waals surface area contributed by atoms with Crippen molar-refractivity contribution in [3.05, 3.63) is 12.2 Å². The van der Waals surface area contributed by atoms with Crippen LogP contribution in [-0.2, 0) is 4.79 Å². The number of carboxylic acid groups (broad SMARTS) is 1. The number of rotatable bonds is 12. The number of hydrogen-bond acceptors (Lipinski definition) is 1. The van der Waals surface area contributed by atoms with Crippen LogP contribution in [0, 0.1) is 0 Å². The third-order valence-corrected chi connectivity index (χ3v) is 2.88. The molecule has 3 heteroatoms. The summed E-state index contributed by atoms with van der Waals surface area (Å²) in [6.07, 6.45) is 15.5. The van der Waals surface area contributed by atoms with Crippen LogP contribution in [-0.4, -0.2) is 17.6 Å². The Morgan fingerprint density at radius 3 is 1.82 bits per heavy atom. The van der Waals surface area contributed by atoms with Crippen LogP contribution in [0.4, 0.5) is 0 Å². The highest BCUT2D eigenvalue weighted by Crippen LogP contribution is 2.10. The van der Waals surface area contributed by atoms with Crippen molar-refractivity contribution in [3.63, 3.8) is 0 Å². The smallest absolute Gasteiger partial charge is 0.327 e. The number of unbranched alkanes of at least 4 members (excludes halogenated alkanes) is 9. The van der Waals surface area contributed by atoms with Gasteiger partial charge in [-0.3, -0.25) is 0 Å². The summed E-state index contributed by atoms with van der Waals surface area (Å²) < 4.78 is 0. The molecular formula is C14H28NO2+. The molecular weight excluding hydrogens is 214 g/mol. The van der Waals surface area contributed by atoms with Crippen LogP contribution >= 0.6 is 0 Å². The van der Waals surface area contributed by atoms with Crippen LogP contribution in [0.5, 0.6) is 0 Å². The van der Waals surface area contributed by atoms with E-state index in [2.05, 4.69) is 5.73 Å². The van der Waals surface area contributed by atoms with E-state index < -0.39 is 5.97 Å². The third-order valence-electron chi connectivity index (χ3n) is 2.88. The van der Waals surface area contributed by atoms with Crippen molar-refractivity contribution in [2.24, 2.45) is 0 Å². The van der Waals surface area contributed by atoms with E-state index in [1.54, 1.807) is 6.08 Å². The van der Waals surface area contributed by atoms with Gasteiger partial charge in [-0.25, -0.2) is 4.79 Å². The predicted octanol–water partition coefficient (Wildman–Crippen LogP) is 2.77. The van der Waals surface area contributed by atoms with Crippen molar-refractivity contribution in [1.29, 1.82) is 0 Å². The SMILES string of the molecule is [NH3+]CCCCCCCCCCC/C=C/C(=O)O. The van der Waals surface area contributed by atoms with Crippen molar-refractivity contribution in [2.75, 3.05) is 6.54 Å². The molecule has 0 aliphatic heterocycles. The van der Waals surface area contributed by atoms with Gasteiger partial charge < -0.3 is 10.8 Å². The van der Waals surface area contributed by atoms with Gasteiger partial charge >= 0.3 is 5.97 Å². The van der Waals surface area contributed by atoms with E-state index in [-0.39, 0.29) is 0 Å². The van der Waals surface area contributed by atoms with Crippen LogP contribution in [0.3, 0.4) is 0 Å². The molecule has 0 heterocycles. The standard InChI is InChI=1S/C14H27NO2/c15-13-11-9-7-5-3-1-2-4-6-8-10-12-14(16)17/h10,12H,1-9,11,13,15H2,(H,16,17)/p+1/b12-10+. The molecule has 100 valence electrons. The van der Waals surface area contributed by atoms with Gasteiger partial charge in [0.2, 0.25) is 0 Å². The van der Waals surface area contributed by atoms with E-state index in [1.807, 2.05) is 0 Å². The topological polar surface area (TPSA) is 64.9 Å². The zero-order valence-corrected chi connectivity index (χ0v) is 11.0. The van der Waals surface area contributed by atoms with Gasteiger partial charge in [0.05, 0.1) is 6.54 Å². The average Bonchev–Trinajstić information content (AvgIpc) is 2.30. The van der Waals surface area contributed by atoms with E-state index >= 15 is 0 Å². The zero-order valence-electron chi connectivity index (χ0n) is 11.0. The van der Waals surface area contributed by atoms with Gasteiger partial charge in [0, 0.05) is 6.08 Å². The number of carboxylic acids is 1. The van der Waals surface area contributed by atoms with Gasteiger partial charge in [-0.15, -0.1) is 0 Å². The van der Waals surface area contributed by atoms with E-state index in [9.17, 15) is 4.79 Å². The molecule has 0 rings (SSSR count). The largest absolute Gasteiger partial charge is 0.478 e. The molecule has 0 unspecified atom stereocenters. The lowest BCUT2D eigenvalue weighted by molar-refractivity contribution is -0.368. The highest BCUT2D eigenvalue weighted by atomic mass is 16.4. The highest BCUT2D eigenvalue weighted by molar-refractivity contribution is 5.79. The summed E-state index contributed by atoms with van der Waals surface area (Å²) in [6, 6.07) is 0. The summed E-state index contributed by atoms with van der Waals surface area (Å²) in [4.78, 5) is 10.2. The Hall–Kier alpha value is -0.830. The van der Waals surface area contributed by atoms with Crippen molar-refractivity contribution in [1.82, 2.24) is 0 Å². The second-order valence-electron chi connectivity index (χ2n) is 4.56. The molecule has 0 aromatic heterocycles. The Bertz CT molecular complexity index is 202. The molecule has 4 N–H and O–H groups in total. The van der Waals surface area contributed by atoms with Gasteiger partial charge in [-0.2, -0.15) is 0 Å². The summed E-state index contributed by atoms with van der Waals surface area (Å²) in [5.41, 5.74) is 3.84. The minimum Gasteiger partial charge on any atom is -0.478 e. The van der Waals surface area contributed by atoms with Crippen molar-refractivity contribution < 1.29 is 15.6 Å². The maximum atomic E-state index is 10.2. The monoisotopic (exact) mass is 242 g/mol. The molecule has 0 radical (unpaired) electrons. The maximum Gasteiger partial charge on any atom is 0.327 e. The Morgan fingerprint density at radius 2 is 1.35 bits per heavy atom. The van der Waals surface area contributed by atoms with Crippen LogP contribution in [0.2, 0.25) is 0 Å². The molecule has 0 aliphatic rings. The Morgan fingerprint density at radius 1 is 0.882 bits per heavy atom. The molecule has 0 bridgehead atoms. The number of hydrogen-bond donors (Lipinski definition) is 2. The number of aliphatic carboxylic acids is 1. The molecule has 0 aliphatic carbocycles. The fourth-order valence-electron chi connectivity index (χ4n) is 1.86. The molecule has 0 atom stereocenters. The molecule has 0 fully saturated rings. The summed E-state index contributed by atoms with van der Waals surface area (Å²) in [5.74, 6) is -0.840. The van der Waals surface area contributed by atoms with Gasteiger partial charge in [0.1, 0.15) is 0 Å². The van der Waals surface area contributed by atoms with Gasteiger partial charge in [0.25, 0.3) is 0 Å². The Labute approximate surface area is 105 Å². The second-order valence-corrected chi connectivity index (χ2v) is 4.56. The Balaban J connectivity index is 3.01. The summed E-state index contributed by atoms with van der Waals surface area (Å²) in [6.45, 7) is 1.07. The highest BCUT2D eigenvalue weighted by Gasteiger charge is 1.92. The molecule has 0 amide bonds. The van der Waals surface area contributed by atoms with Crippen LogP contribution in [0.1, 0.15) is 64.2 Å². The average molecular weight is 242 g/mol. The van der Waals surface area contributed by atoms with E-state index in [1.165, 1.54) is 57.4 Å². The molecule has 0 saturated heterocycles. The molecule has 0 aromatic carbocycles. The van der Waals surface area contributed by atoms with E-state index in [0.29, 0.717) is 0 Å². The van der Waals surface area contributed by atoms with Crippen LogP contribution in [0.25, 0.3) is 0 Å². The second kappa shape index (κ2) is 13.2. The lowest BCUT2D eigenvalue weighted by Crippen LogP contribution is -2.50. The minimum absolute atomic E-state index is 0.840. The van der Waals surface area contributed by atoms with Gasteiger partial charge in [0.15, 0.2) is 0 Å². The number of carbonyl (C=O) groups is 1. The molecule has 0 aromatic rings. The fourth-order valence-corrected chi connectivity index (χ4v) is 1.86. The third kappa shape index (κ3) is 15.2. The number of allylic oxidation sites excluding steroid dienone is 1. The minimum atomic E-state index is -0.840. The van der Waals surface area contributed by atoms with Crippen LogP contribution in [0.15, 0.2) is 12.2 Å². The maximum absolute atomic E-state index is 10.2. The van der Waals surface area contributed by atoms with Crippen molar-refractivity contribution in [2.45, 2.75) is 64.2 Å². The summed E-state index contributed by atoms with van der Waals surface area (Å²) >= 11 is 0. The summed E-state index contributed by atoms with van der Waals surface area (Å²) in [5, 5.41) is 8.38. The zero-order chi connectivity index (χ0) is 12.8. The quantitative estimate of drug-likeness (QED) is 0.408. The van der Waals surface area contributed by atoms with Crippen LogP contribution < -0.4 is 5.73 Å². The first-order valence-corrected chi connectivity index (χ1v) is 6.96. The summed E-state index contributed by atoms with van der Waals surface area (Å²) in [7, 11) is 0. The predicted molar refractivity (Wildman–Crippen MR) is 70.7 cm³/mol.